The van der Waals surface area contributed by atoms with Gasteiger partial charge in [-0.1, -0.05) is 68.5 Å². The largest absolute Gasteiger partial charge is 0.484 e. The lowest BCUT2D eigenvalue weighted by Crippen LogP contribution is -2.60. The first kappa shape index (κ1) is 28.7. The number of nitrogens with zero attached hydrogens (tertiary/aromatic N) is 3. The molecular formula is C32H42N4O3. The van der Waals surface area contributed by atoms with E-state index in [1.54, 1.807) is 6.92 Å². The van der Waals surface area contributed by atoms with Crippen LogP contribution in [-0.2, 0) is 14.3 Å². The topological polar surface area (TPSA) is 79.1 Å². The first-order valence-electron chi connectivity index (χ1n) is 14.0. The van der Waals surface area contributed by atoms with Gasteiger partial charge in [-0.15, -0.1) is 0 Å². The number of amides is 2. The van der Waals surface area contributed by atoms with Crippen LogP contribution in [0, 0.1) is 5.41 Å². The molecule has 1 unspecified atom stereocenters. The van der Waals surface area contributed by atoms with Gasteiger partial charge in [-0.25, -0.2) is 0 Å². The van der Waals surface area contributed by atoms with Crippen molar-refractivity contribution in [3.8, 4) is 0 Å². The minimum absolute atomic E-state index is 0.00766. The van der Waals surface area contributed by atoms with Gasteiger partial charge in [-0.3, -0.25) is 14.5 Å². The summed E-state index contributed by atoms with van der Waals surface area (Å²) in [7, 11) is 0. The standard InChI is InChI=1S/C32H42N4O3/c1-24(37)34-17-14-25(15-18-34)22-30(38)36-20-19-35(23-29(36)32(2,3)4)31(26-8-6-5-7-9-26)27-10-12-28(13-11-27)39-21-16-33/h5-10,12,14,29,31H,15-23,33H2,1-4H3/t29-,31?/m1/s1. The Kier molecular flexibility index (Phi) is 9.32. The third-order valence-corrected chi connectivity index (χ3v) is 7.75. The van der Waals surface area contributed by atoms with Crippen molar-refractivity contribution in [2.45, 2.75) is 52.6 Å². The maximum absolute atomic E-state index is 13.6. The normalized spacial score (nSPS) is 20.7. The number of piperazine rings is 1. The van der Waals surface area contributed by atoms with Gasteiger partial charge in [-0.2, -0.15) is 0 Å². The number of hydrogen-bond donors (Lipinski definition) is 1. The number of carbonyl (C=O) groups is 2. The van der Waals surface area contributed by atoms with E-state index in [0.29, 0.717) is 45.0 Å². The van der Waals surface area contributed by atoms with Crippen LogP contribution in [0.1, 0.15) is 52.1 Å². The summed E-state index contributed by atoms with van der Waals surface area (Å²) < 4.78 is 5.63. The summed E-state index contributed by atoms with van der Waals surface area (Å²) in [4.78, 5) is 31.7. The average molecular weight is 531 g/mol. The van der Waals surface area contributed by atoms with Crippen LogP contribution in [0.25, 0.3) is 0 Å². The Labute approximate surface area is 233 Å². The zero-order chi connectivity index (χ0) is 28.0. The van der Waals surface area contributed by atoms with Gasteiger partial charge in [0.2, 0.25) is 11.8 Å². The van der Waals surface area contributed by atoms with E-state index in [-0.39, 0.29) is 29.3 Å². The van der Waals surface area contributed by atoms with Crippen molar-refractivity contribution >= 4 is 11.8 Å². The van der Waals surface area contributed by atoms with Gasteiger partial charge in [0.1, 0.15) is 6.61 Å². The SMILES string of the molecule is CC(=O)N1CC=C(CC(=O)N2CCN(C(C3=C=C=C(OCCN)C=C3)c3ccccc3)C[C@@H]2C(C)(C)C)CC1. The Bertz CT molecular complexity index is 1210. The molecule has 1 aromatic carbocycles. The fourth-order valence-corrected chi connectivity index (χ4v) is 5.55. The minimum atomic E-state index is -0.0995. The Morgan fingerprint density at radius 1 is 1.10 bits per heavy atom. The third kappa shape index (κ3) is 7.20. The van der Waals surface area contributed by atoms with E-state index in [2.05, 4.69) is 78.5 Å². The van der Waals surface area contributed by atoms with E-state index in [0.717, 1.165) is 30.7 Å². The fourth-order valence-electron chi connectivity index (χ4n) is 5.55. The first-order valence-corrected chi connectivity index (χ1v) is 14.0. The van der Waals surface area contributed by atoms with Gasteiger partial charge in [-0.05, 0) is 35.3 Å². The van der Waals surface area contributed by atoms with E-state index in [1.807, 2.05) is 17.0 Å². The van der Waals surface area contributed by atoms with Gasteiger partial charge < -0.3 is 20.3 Å². The van der Waals surface area contributed by atoms with Crippen molar-refractivity contribution in [3.63, 3.8) is 0 Å². The van der Waals surface area contributed by atoms with E-state index < -0.39 is 0 Å². The zero-order valence-electron chi connectivity index (χ0n) is 23.8. The van der Waals surface area contributed by atoms with Crippen LogP contribution in [-0.4, -0.2) is 78.4 Å². The van der Waals surface area contributed by atoms with Crippen molar-refractivity contribution in [1.29, 1.82) is 0 Å². The third-order valence-electron chi connectivity index (χ3n) is 7.75. The number of allylic oxidation sites excluding steroid dienone is 1. The number of nitrogens with two attached hydrogens (primary N) is 1. The second kappa shape index (κ2) is 12.7. The molecule has 3 aliphatic rings. The lowest BCUT2D eigenvalue weighted by atomic mass is 9.82. The van der Waals surface area contributed by atoms with Crippen molar-refractivity contribution in [2.24, 2.45) is 11.1 Å². The summed E-state index contributed by atoms with van der Waals surface area (Å²) in [6.45, 7) is 12.6. The predicted molar refractivity (Wildman–Crippen MR) is 153 cm³/mol. The van der Waals surface area contributed by atoms with Crippen LogP contribution in [0.4, 0.5) is 0 Å². The Balaban J connectivity index is 1.56. The molecule has 2 aliphatic heterocycles. The molecule has 39 heavy (non-hydrogen) atoms. The molecule has 0 saturated carbocycles. The highest BCUT2D eigenvalue weighted by Gasteiger charge is 2.40. The van der Waals surface area contributed by atoms with Gasteiger partial charge in [0, 0.05) is 64.2 Å². The van der Waals surface area contributed by atoms with Crippen molar-refractivity contribution in [1.82, 2.24) is 14.7 Å². The quantitative estimate of drug-likeness (QED) is 0.407. The highest BCUT2D eigenvalue weighted by Crippen LogP contribution is 2.36. The molecule has 2 heterocycles. The molecule has 1 aromatic rings. The van der Waals surface area contributed by atoms with Crippen LogP contribution >= 0.6 is 0 Å². The van der Waals surface area contributed by atoms with Crippen LogP contribution in [0.15, 0.2) is 76.9 Å². The summed E-state index contributed by atoms with van der Waals surface area (Å²) in [5.41, 5.74) is 15.3. The molecule has 208 valence electrons. The Morgan fingerprint density at radius 2 is 1.87 bits per heavy atom. The Morgan fingerprint density at radius 3 is 2.46 bits per heavy atom. The lowest BCUT2D eigenvalue weighted by Gasteiger charge is -2.49. The molecule has 1 aliphatic carbocycles. The van der Waals surface area contributed by atoms with E-state index >= 15 is 0 Å². The van der Waals surface area contributed by atoms with Gasteiger partial charge in [0.05, 0.1) is 6.04 Å². The van der Waals surface area contributed by atoms with E-state index in [9.17, 15) is 9.59 Å². The first-order chi connectivity index (χ1) is 18.7. The second-order valence-electron chi connectivity index (χ2n) is 11.6. The maximum atomic E-state index is 13.6. The molecule has 7 nitrogen and oxygen atoms in total. The zero-order valence-corrected chi connectivity index (χ0v) is 23.8. The second-order valence-corrected chi connectivity index (χ2v) is 11.6. The molecule has 2 amide bonds. The van der Waals surface area contributed by atoms with Crippen LogP contribution in [0.3, 0.4) is 0 Å². The van der Waals surface area contributed by atoms with Crippen molar-refractivity contribution in [2.75, 3.05) is 45.9 Å². The highest BCUT2D eigenvalue weighted by atomic mass is 16.5. The van der Waals surface area contributed by atoms with Crippen LogP contribution in [0.2, 0.25) is 0 Å². The summed E-state index contributed by atoms with van der Waals surface area (Å²) in [5.74, 6) is 0.901. The molecule has 1 fully saturated rings. The van der Waals surface area contributed by atoms with Gasteiger partial charge in [0.15, 0.2) is 5.76 Å². The molecule has 2 N–H and O–H groups in total. The number of rotatable bonds is 8. The lowest BCUT2D eigenvalue weighted by molar-refractivity contribution is -0.139. The Hall–Kier alpha value is -3.34. The minimum Gasteiger partial charge on any atom is -0.484 e. The fraction of sp³-hybridized carbons (Fsp3) is 0.500. The molecule has 4 rings (SSSR count). The van der Waals surface area contributed by atoms with E-state index in [4.69, 9.17) is 10.5 Å². The molecule has 0 bridgehead atoms. The van der Waals surface area contributed by atoms with Crippen molar-refractivity contribution in [3.05, 3.63) is 82.5 Å². The summed E-state index contributed by atoms with van der Waals surface area (Å²) in [5, 5.41) is 0. The summed E-state index contributed by atoms with van der Waals surface area (Å²) >= 11 is 0. The van der Waals surface area contributed by atoms with Crippen LogP contribution < -0.4 is 5.73 Å². The number of hydrogen-bond acceptors (Lipinski definition) is 5. The summed E-state index contributed by atoms with van der Waals surface area (Å²) in [6.07, 6.45) is 7.24. The molecule has 2 atom stereocenters. The average Bonchev–Trinajstić information content (AvgIpc) is 2.93. The predicted octanol–water partition coefficient (Wildman–Crippen LogP) is 3.96. The van der Waals surface area contributed by atoms with Crippen molar-refractivity contribution < 1.29 is 14.3 Å². The van der Waals surface area contributed by atoms with Crippen LogP contribution in [0.5, 0.6) is 0 Å². The molecule has 0 aromatic heterocycles. The number of ether oxygens (including phenoxy) is 1. The van der Waals surface area contributed by atoms with E-state index in [1.165, 1.54) is 5.56 Å². The molecule has 0 radical (unpaired) electrons. The maximum Gasteiger partial charge on any atom is 0.227 e. The number of benzene rings is 1. The molecule has 1 saturated heterocycles. The highest BCUT2D eigenvalue weighted by molar-refractivity contribution is 5.79. The molecule has 7 heteroatoms. The molecular weight excluding hydrogens is 488 g/mol. The molecule has 0 spiro atoms. The van der Waals surface area contributed by atoms with Gasteiger partial charge in [0.25, 0.3) is 0 Å². The monoisotopic (exact) mass is 530 g/mol. The smallest absolute Gasteiger partial charge is 0.227 e. The number of carbonyl (C=O) groups excluding carboxylic acids is 2. The summed E-state index contributed by atoms with van der Waals surface area (Å²) in [6, 6.07) is 10.5. The van der Waals surface area contributed by atoms with Gasteiger partial charge >= 0.3 is 0 Å².